The lowest BCUT2D eigenvalue weighted by molar-refractivity contribution is 0.111. The van der Waals surface area contributed by atoms with Crippen molar-refractivity contribution in [2.24, 2.45) is 0 Å². The number of imidazole rings is 1. The highest BCUT2D eigenvalue weighted by Gasteiger charge is 2.12. The number of nitrogens with zero attached hydrogens (tertiary/aromatic N) is 2. The van der Waals surface area contributed by atoms with Crippen LogP contribution in [0.5, 0.6) is 0 Å². The van der Waals surface area contributed by atoms with E-state index in [9.17, 15) is 4.79 Å². The normalized spacial score (nSPS) is 12.7. The topological polar surface area (TPSA) is 34.9 Å². The van der Waals surface area contributed by atoms with Crippen molar-refractivity contribution in [3.05, 3.63) is 40.1 Å². The van der Waals surface area contributed by atoms with Crippen molar-refractivity contribution in [1.29, 1.82) is 0 Å². The van der Waals surface area contributed by atoms with E-state index in [4.69, 9.17) is 0 Å². The number of aldehydes is 1. The molecule has 1 unspecified atom stereocenters. The maximum absolute atomic E-state index is 10.8. The van der Waals surface area contributed by atoms with E-state index in [2.05, 4.69) is 31.0 Å². The smallest absolute Gasteiger partial charge is 0.168 e. The molecule has 2 aromatic heterocycles. The van der Waals surface area contributed by atoms with Crippen LogP contribution in [0.3, 0.4) is 0 Å². The van der Waals surface area contributed by atoms with Gasteiger partial charge in [0, 0.05) is 9.75 Å². The first-order chi connectivity index (χ1) is 7.22. The van der Waals surface area contributed by atoms with Gasteiger partial charge in [-0.2, -0.15) is 0 Å². The number of hydrogen-bond acceptors (Lipinski definition) is 3. The molecular formula is C11H12N2OS. The fourth-order valence-electron chi connectivity index (χ4n) is 1.54. The summed E-state index contributed by atoms with van der Waals surface area (Å²) in [4.78, 5) is 17.3. The van der Waals surface area contributed by atoms with Gasteiger partial charge in [0.05, 0.1) is 18.6 Å². The van der Waals surface area contributed by atoms with Crippen LogP contribution in [0.2, 0.25) is 0 Å². The molecule has 1 atom stereocenters. The van der Waals surface area contributed by atoms with Crippen molar-refractivity contribution in [1.82, 2.24) is 9.55 Å². The van der Waals surface area contributed by atoms with Gasteiger partial charge in [0.1, 0.15) is 5.69 Å². The first-order valence-corrected chi connectivity index (χ1v) is 5.57. The number of thiophene rings is 1. The van der Waals surface area contributed by atoms with Crippen LogP contribution in [-0.4, -0.2) is 15.8 Å². The molecule has 0 N–H and O–H groups in total. The Bertz CT molecular complexity index is 472. The molecule has 4 heteroatoms. The van der Waals surface area contributed by atoms with Gasteiger partial charge in [0.2, 0.25) is 0 Å². The number of aryl methyl sites for hydroxylation is 1. The molecule has 0 saturated carbocycles. The highest BCUT2D eigenvalue weighted by Crippen LogP contribution is 2.26. The second kappa shape index (κ2) is 3.98. The van der Waals surface area contributed by atoms with Crippen LogP contribution in [0.25, 0.3) is 0 Å². The summed E-state index contributed by atoms with van der Waals surface area (Å²) in [5.41, 5.74) is 0.619. The van der Waals surface area contributed by atoms with Gasteiger partial charge in [0.15, 0.2) is 6.29 Å². The third-order valence-electron chi connectivity index (χ3n) is 2.41. The molecule has 0 aromatic carbocycles. The molecule has 2 aromatic rings. The van der Waals surface area contributed by atoms with E-state index < -0.39 is 0 Å². The average Bonchev–Trinajstić information content (AvgIpc) is 2.84. The minimum absolute atomic E-state index is 0.173. The van der Waals surface area contributed by atoms with Gasteiger partial charge in [0.25, 0.3) is 0 Å². The number of hydrogen-bond donors (Lipinski definition) is 0. The summed E-state index contributed by atoms with van der Waals surface area (Å²) >= 11 is 1.75. The van der Waals surface area contributed by atoms with E-state index >= 15 is 0 Å². The largest absolute Gasteiger partial charge is 0.320 e. The number of carbonyl (C=O) groups excluding carboxylic acids is 1. The Morgan fingerprint density at radius 3 is 2.93 bits per heavy atom. The second-order valence-electron chi connectivity index (χ2n) is 3.47. The molecule has 78 valence electrons. The molecule has 0 radical (unpaired) electrons. The molecular weight excluding hydrogens is 208 g/mol. The van der Waals surface area contributed by atoms with Crippen molar-refractivity contribution in [2.45, 2.75) is 19.9 Å². The number of rotatable bonds is 3. The molecule has 3 nitrogen and oxygen atoms in total. The Morgan fingerprint density at radius 2 is 2.33 bits per heavy atom. The molecule has 0 bridgehead atoms. The van der Waals surface area contributed by atoms with E-state index in [1.165, 1.54) is 9.75 Å². The van der Waals surface area contributed by atoms with Crippen molar-refractivity contribution < 1.29 is 4.79 Å². The Balaban J connectivity index is 2.35. The molecule has 0 spiro atoms. The van der Waals surface area contributed by atoms with Gasteiger partial charge >= 0.3 is 0 Å². The Morgan fingerprint density at radius 1 is 1.53 bits per heavy atom. The van der Waals surface area contributed by atoms with Crippen molar-refractivity contribution in [3.63, 3.8) is 0 Å². The van der Waals surface area contributed by atoms with Crippen LogP contribution in [0.1, 0.15) is 33.2 Å². The van der Waals surface area contributed by atoms with Crippen molar-refractivity contribution >= 4 is 17.6 Å². The standard InChI is InChI=1S/C11H12N2OS/c1-8-3-4-11(15-8)9(2)13-7-12-5-10(13)6-14/h3-7,9H,1-2H3. The molecule has 2 heterocycles. The van der Waals surface area contributed by atoms with Crippen LogP contribution in [0, 0.1) is 6.92 Å². The Hall–Kier alpha value is -1.42. The maximum atomic E-state index is 10.8. The monoisotopic (exact) mass is 220 g/mol. The minimum atomic E-state index is 0.173. The predicted molar refractivity (Wildman–Crippen MR) is 60.5 cm³/mol. The minimum Gasteiger partial charge on any atom is -0.320 e. The fourth-order valence-corrected chi connectivity index (χ4v) is 2.47. The quantitative estimate of drug-likeness (QED) is 0.745. The second-order valence-corrected chi connectivity index (χ2v) is 4.79. The van der Waals surface area contributed by atoms with E-state index in [-0.39, 0.29) is 6.04 Å². The van der Waals surface area contributed by atoms with Crippen LogP contribution in [-0.2, 0) is 0 Å². The molecule has 0 aliphatic rings. The van der Waals surface area contributed by atoms with Crippen LogP contribution < -0.4 is 0 Å². The number of aromatic nitrogens is 2. The van der Waals surface area contributed by atoms with Gasteiger partial charge in [-0.25, -0.2) is 4.98 Å². The summed E-state index contributed by atoms with van der Waals surface area (Å²) in [6, 6.07) is 4.36. The van der Waals surface area contributed by atoms with Crippen molar-refractivity contribution in [2.75, 3.05) is 0 Å². The molecule has 2 rings (SSSR count). The highest BCUT2D eigenvalue weighted by atomic mass is 32.1. The SMILES string of the molecule is Cc1ccc(C(C)n2cncc2C=O)s1. The summed E-state index contributed by atoms with van der Waals surface area (Å²) in [7, 11) is 0. The zero-order chi connectivity index (χ0) is 10.8. The molecule has 0 amide bonds. The van der Waals surface area contributed by atoms with Crippen LogP contribution >= 0.6 is 11.3 Å². The summed E-state index contributed by atoms with van der Waals surface area (Å²) < 4.78 is 1.89. The molecule has 0 aliphatic heterocycles. The predicted octanol–water partition coefficient (Wildman–Crippen LogP) is 2.67. The van der Waals surface area contributed by atoms with Gasteiger partial charge in [-0.05, 0) is 26.0 Å². The lowest BCUT2D eigenvalue weighted by Gasteiger charge is -2.12. The van der Waals surface area contributed by atoms with Crippen LogP contribution in [0.15, 0.2) is 24.7 Å². The third-order valence-corrected chi connectivity index (χ3v) is 3.58. The first kappa shape index (κ1) is 10.1. The van der Waals surface area contributed by atoms with Crippen LogP contribution in [0.4, 0.5) is 0 Å². The molecule has 0 saturated heterocycles. The van der Waals surface area contributed by atoms with Gasteiger partial charge in [-0.3, -0.25) is 4.79 Å². The summed E-state index contributed by atoms with van der Waals surface area (Å²) in [6.07, 6.45) is 4.12. The third kappa shape index (κ3) is 1.85. The zero-order valence-electron chi connectivity index (χ0n) is 8.68. The van der Waals surface area contributed by atoms with Gasteiger partial charge in [-0.15, -0.1) is 11.3 Å². The van der Waals surface area contributed by atoms with E-state index in [0.717, 1.165) is 6.29 Å². The first-order valence-electron chi connectivity index (χ1n) is 4.75. The summed E-state index contributed by atoms with van der Waals surface area (Å²) in [6.45, 7) is 4.15. The number of carbonyl (C=O) groups is 1. The highest BCUT2D eigenvalue weighted by molar-refractivity contribution is 7.12. The average molecular weight is 220 g/mol. The molecule has 0 aliphatic carbocycles. The fraction of sp³-hybridized carbons (Fsp3) is 0.273. The van der Waals surface area contributed by atoms with Gasteiger partial charge in [-0.1, -0.05) is 0 Å². The van der Waals surface area contributed by atoms with E-state index in [1.807, 2.05) is 4.57 Å². The Kier molecular flexibility index (Phi) is 2.68. The summed E-state index contributed by atoms with van der Waals surface area (Å²) in [5.74, 6) is 0. The van der Waals surface area contributed by atoms with E-state index in [1.54, 1.807) is 23.9 Å². The lowest BCUT2D eigenvalue weighted by Crippen LogP contribution is -2.07. The molecule has 15 heavy (non-hydrogen) atoms. The zero-order valence-corrected chi connectivity index (χ0v) is 9.49. The Labute approximate surface area is 92.4 Å². The maximum Gasteiger partial charge on any atom is 0.168 e. The van der Waals surface area contributed by atoms with E-state index in [0.29, 0.717) is 5.69 Å². The summed E-state index contributed by atoms with van der Waals surface area (Å²) in [5, 5.41) is 0. The van der Waals surface area contributed by atoms with Gasteiger partial charge < -0.3 is 4.57 Å². The van der Waals surface area contributed by atoms with Crippen molar-refractivity contribution in [3.8, 4) is 0 Å². The molecule has 0 fully saturated rings. The lowest BCUT2D eigenvalue weighted by atomic mass is 10.2.